The van der Waals surface area contributed by atoms with Gasteiger partial charge in [0, 0.05) is 41.3 Å². The molecule has 0 bridgehead atoms. The minimum absolute atomic E-state index is 0.0418. The topological polar surface area (TPSA) is 116 Å². The molecule has 38 heavy (non-hydrogen) atoms. The Kier molecular flexibility index (Phi) is 7.06. The smallest absolute Gasteiger partial charge is 0.319 e. The fourth-order valence-electron chi connectivity index (χ4n) is 3.52. The van der Waals surface area contributed by atoms with Gasteiger partial charge in [0.05, 0.1) is 23.7 Å². The zero-order chi connectivity index (χ0) is 27.5. The van der Waals surface area contributed by atoms with E-state index in [-0.39, 0.29) is 5.56 Å². The normalized spacial score (nSPS) is 12.1. The highest BCUT2D eigenvalue weighted by Gasteiger charge is 2.38. The van der Waals surface area contributed by atoms with Crippen molar-refractivity contribution in [3.05, 3.63) is 78.0 Å². The van der Waals surface area contributed by atoms with Crippen LogP contribution in [0.3, 0.4) is 0 Å². The SMILES string of the molecule is N=C/C=N\Nc1ncc(NC(=O)c2ncc(-c3cncc4ccccc34)cc2C(F)(F)F)cc1C(F)(F)F. The predicted octanol–water partition coefficient (Wildman–Crippen LogP) is 6.03. The summed E-state index contributed by atoms with van der Waals surface area (Å²) in [7, 11) is 0. The van der Waals surface area contributed by atoms with E-state index in [1.807, 2.05) is 10.7 Å². The Morgan fingerprint density at radius 1 is 0.921 bits per heavy atom. The number of benzene rings is 1. The van der Waals surface area contributed by atoms with Crippen LogP contribution in [-0.4, -0.2) is 33.3 Å². The number of halogens is 6. The van der Waals surface area contributed by atoms with Crippen LogP contribution in [0.2, 0.25) is 0 Å². The second-order valence-corrected chi connectivity index (χ2v) is 7.65. The molecule has 4 rings (SSSR count). The average Bonchev–Trinajstić information content (AvgIpc) is 2.87. The van der Waals surface area contributed by atoms with E-state index in [0.717, 1.165) is 24.7 Å². The summed E-state index contributed by atoms with van der Waals surface area (Å²) >= 11 is 0. The van der Waals surface area contributed by atoms with E-state index in [9.17, 15) is 31.1 Å². The molecule has 0 fully saturated rings. The van der Waals surface area contributed by atoms with Crippen LogP contribution in [0, 0.1) is 5.41 Å². The first-order valence-corrected chi connectivity index (χ1v) is 10.6. The van der Waals surface area contributed by atoms with E-state index in [0.29, 0.717) is 28.6 Å². The summed E-state index contributed by atoms with van der Waals surface area (Å²) in [5.41, 5.74) is -1.91. The number of pyridine rings is 3. The van der Waals surface area contributed by atoms with Gasteiger partial charge in [-0.15, -0.1) is 0 Å². The van der Waals surface area contributed by atoms with E-state index in [1.54, 1.807) is 30.5 Å². The molecule has 0 radical (unpaired) electrons. The van der Waals surface area contributed by atoms with Crippen LogP contribution < -0.4 is 10.7 Å². The summed E-state index contributed by atoms with van der Waals surface area (Å²) in [5, 5.41) is 13.4. The second-order valence-electron chi connectivity index (χ2n) is 7.65. The van der Waals surface area contributed by atoms with Crippen LogP contribution in [0.15, 0.2) is 66.3 Å². The zero-order valence-electron chi connectivity index (χ0n) is 18.9. The molecule has 0 aliphatic rings. The molecule has 0 aliphatic heterocycles. The standard InChI is InChI=1S/C24H15F6N7O/c25-23(26,27)18-7-14(17-12-32-9-13-3-1-2-4-16(13)17)10-33-20(18)22(38)36-15-8-19(24(28,29)30)21(34-11-15)37-35-6-5-31/h1-12,31H,(H,34,37)(H,36,38)/b31-5?,35-6-. The number of nitrogens with one attached hydrogen (secondary N) is 3. The predicted molar refractivity (Wildman–Crippen MR) is 128 cm³/mol. The number of carbonyl (C=O) groups excluding carboxylic acids is 1. The summed E-state index contributed by atoms with van der Waals surface area (Å²) in [6, 6.07) is 8.09. The molecule has 0 spiro atoms. The number of hydrogen-bond acceptors (Lipinski definition) is 7. The van der Waals surface area contributed by atoms with Crippen LogP contribution in [0.1, 0.15) is 21.6 Å². The highest BCUT2D eigenvalue weighted by molar-refractivity contribution is 6.14. The highest BCUT2D eigenvalue weighted by atomic mass is 19.4. The van der Waals surface area contributed by atoms with E-state index in [2.05, 4.69) is 20.1 Å². The lowest BCUT2D eigenvalue weighted by atomic mass is 10.00. The van der Waals surface area contributed by atoms with Gasteiger partial charge in [0.1, 0.15) is 11.3 Å². The minimum atomic E-state index is -5.01. The van der Waals surface area contributed by atoms with Gasteiger partial charge in [-0.2, -0.15) is 31.4 Å². The first kappa shape index (κ1) is 26.2. The summed E-state index contributed by atoms with van der Waals surface area (Å²) < 4.78 is 82.3. The van der Waals surface area contributed by atoms with Crippen molar-refractivity contribution in [1.29, 1.82) is 5.41 Å². The summed E-state index contributed by atoms with van der Waals surface area (Å²) in [6.45, 7) is 0. The average molecular weight is 531 g/mol. The molecule has 14 heteroatoms. The highest BCUT2D eigenvalue weighted by Crippen LogP contribution is 2.37. The van der Waals surface area contributed by atoms with Gasteiger partial charge < -0.3 is 10.7 Å². The van der Waals surface area contributed by atoms with Gasteiger partial charge in [0.25, 0.3) is 5.91 Å². The Morgan fingerprint density at radius 2 is 1.66 bits per heavy atom. The maximum atomic E-state index is 13.9. The van der Waals surface area contributed by atoms with Crippen molar-refractivity contribution >= 4 is 40.6 Å². The number of nitrogens with zero attached hydrogens (tertiary/aromatic N) is 4. The first-order valence-electron chi connectivity index (χ1n) is 10.6. The molecule has 0 unspecified atom stereocenters. The van der Waals surface area contributed by atoms with E-state index < -0.39 is 46.6 Å². The number of amides is 1. The molecule has 4 aromatic rings. The van der Waals surface area contributed by atoms with Gasteiger partial charge >= 0.3 is 12.4 Å². The molecule has 1 aromatic carbocycles. The van der Waals surface area contributed by atoms with E-state index in [4.69, 9.17) is 5.41 Å². The largest absolute Gasteiger partial charge is 0.420 e. The Balaban J connectivity index is 1.71. The molecule has 0 saturated heterocycles. The first-order chi connectivity index (χ1) is 18.0. The van der Waals surface area contributed by atoms with Crippen molar-refractivity contribution in [3.8, 4) is 11.1 Å². The van der Waals surface area contributed by atoms with Crippen molar-refractivity contribution in [1.82, 2.24) is 15.0 Å². The number of hydrazone groups is 1. The monoisotopic (exact) mass is 531 g/mol. The second kappa shape index (κ2) is 10.2. The molecule has 0 saturated carbocycles. The number of rotatable bonds is 6. The minimum Gasteiger partial charge on any atom is -0.319 e. The fraction of sp³-hybridized carbons (Fsp3) is 0.0833. The molecule has 0 atom stereocenters. The number of hydrogen-bond donors (Lipinski definition) is 3. The van der Waals surface area contributed by atoms with Crippen LogP contribution in [-0.2, 0) is 12.4 Å². The number of alkyl halides is 6. The van der Waals surface area contributed by atoms with Gasteiger partial charge in [-0.3, -0.25) is 15.2 Å². The molecular weight excluding hydrogens is 516 g/mol. The molecule has 194 valence electrons. The maximum Gasteiger partial charge on any atom is 0.420 e. The van der Waals surface area contributed by atoms with Crippen LogP contribution in [0.25, 0.3) is 21.9 Å². The number of anilines is 2. The van der Waals surface area contributed by atoms with Gasteiger partial charge in [-0.25, -0.2) is 9.97 Å². The maximum absolute atomic E-state index is 13.9. The summed E-state index contributed by atoms with van der Waals surface area (Å²) in [6.07, 6.45) is -3.61. The zero-order valence-corrected chi connectivity index (χ0v) is 18.9. The van der Waals surface area contributed by atoms with Crippen LogP contribution in [0.5, 0.6) is 0 Å². The number of aromatic nitrogens is 3. The number of carbonyl (C=O) groups is 1. The Bertz CT molecular complexity index is 1540. The quantitative estimate of drug-likeness (QED) is 0.160. The number of fused-ring (bicyclic) bond motifs is 1. The van der Waals surface area contributed by atoms with Crippen molar-refractivity contribution in [2.24, 2.45) is 5.10 Å². The van der Waals surface area contributed by atoms with E-state index in [1.165, 1.54) is 6.20 Å². The lowest BCUT2D eigenvalue weighted by Crippen LogP contribution is -2.21. The third-order valence-corrected chi connectivity index (χ3v) is 5.16. The van der Waals surface area contributed by atoms with Gasteiger partial charge in [0.2, 0.25) is 0 Å². The molecule has 3 aromatic heterocycles. The van der Waals surface area contributed by atoms with Crippen molar-refractivity contribution in [2.75, 3.05) is 10.7 Å². The molecule has 3 heterocycles. The Hall–Kier alpha value is -4.88. The lowest BCUT2D eigenvalue weighted by molar-refractivity contribution is -0.138. The third kappa shape index (κ3) is 5.58. The van der Waals surface area contributed by atoms with Crippen molar-refractivity contribution in [3.63, 3.8) is 0 Å². The third-order valence-electron chi connectivity index (χ3n) is 5.16. The van der Waals surface area contributed by atoms with Gasteiger partial charge in [0.15, 0.2) is 5.82 Å². The van der Waals surface area contributed by atoms with Crippen LogP contribution in [0.4, 0.5) is 37.8 Å². The van der Waals surface area contributed by atoms with Crippen LogP contribution >= 0.6 is 0 Å². The Labute approximate surface area is 210 Å². The summed E-state index contributed by atoms with van der Waals surface area (Å²) in [4.78, 5) is 24.0. The summed E-state index contributed by atoms with van der Waals surface area (Å²) in [5.74, 6) is -2.13. The Morgan fingerprint density at radius 3 is 2.37 bits per heavy atom. The van der Waals surface area contributed by atoms with Gasteiger partial charge in [-0.1, -0.05) is 24.3 Å². The molecular formula is C24H15F6N7O. The lowest BCUT2D eigenvalue weighted by Gasteiger charge is -2.16. The molecule has 3 N–H and O–H groups in total. The fourth-order valence-corrected chi connectivity index (χ4v) is 3.52. The van der Waals surface area contributed by atoms with E-state index >= 15 is 0 Å². The molecule has 0 aliphatic carbocycles. The van der Waals surface area contributed by atoms with Crippen molar-refractivity contribution in [2.45, 2.75) is 12.4 Å². The molecule has 8 nitrogen and oxygen atoms in total. The van der Waals surface area contributed by atoms with Crippen molar-refractivity contribution < 1.29 is 31.1 Å². The molecule has 1 amide bonds. The van der Waals surface area contributed by atoms with Gasteiger partial charge in [-0.05, 0) is 17.5 Å².